The van der Waals surface area contributed by atoms with Crippen molar-refractivity contribution in [3.05, 3.63) is 47.5 Å². The lowest BCUT2D eigenvalue weighted by Gasteiger charge is -2.28. The number of aliphatic hydroxyl groups excluding tert-OH is 1. The Kier molecular flexibility index (Phi) is 3.45. The van der Waals surface area contributed by atoms with E-state index in [1.54, 1.807) is 0 Å². The molecule has 0 spiro atoms. The highest BCUT2D eigenvalue weighted by Crippen LogP contribution is 2.29. The standard InChI is InChI=1S/C15H20O/c1-11(2)9-15(16)14-8-7-12-5-3-4-6-13(12)10-14/h3-6,14-16H,1,7-10H2,2H3. The molecule has 2 rings (SSSR count). The van der Waals surface area contributed by atoms with Crippen LogP contribution in [0.15, 0.2) is 36.4 Å². The quantitative estimate of drug-likeness (QED) is 0.770. The van der Waals surface area contributed by atoms with Gasteiger partial charge in [-0.15, -0.1) is 6.58 Å². The van der Waals surface area contributed by atoms with E-state index in [1.807, 2.05) is 6.92 Å². The van der Waals surface area contributed by atoms with Gasteiger partial charge in [0.1, 0.15) is 0 Å². The second-order valence-electron chi connectivity index (χ2n) is 5.00. The smallest absolute Gasteiger partial charge is 0.0608 e. The molecular formula is C15H20O. The van der Waals surface area contributed by atoms with Gasteiger partial charge in [-0.25, -0.2) is 0 Å². The minimum Gasteiger partial charge on any atom is -0.392 e. The van der Waals surface area contributed by atoms with Crippen LogP contribution < -0.4 is 0 Å². The van der Waals surface area contributed by atoms with E-state index in [9.17, 15) is 5.11 Å². The third kappa shape index (κ3) is 2.53. The number of hydrogen-bond donors (Lipinski definition) is 1. The third-order valence-corrected chi connectivity index (χ3v) is 3.49. The molecule has 1 aliphatic rings. The highest BCUT2D eigenvalue weighted by atomic mass is 16.3. The molecule has 1 aromatic carbocycles. The Morgan fingerprint density at radius 3 is 2.81 bits per heavy atom. The van der Waals surface area contributed by atoms with Crippen LogP contribution >= 0.6 is 0 Å². The fourth-order valence-electron chi connectivity index (χ4n) is 2.58. The molecular weight excluding hydrogens is 196 g/mol. The second kappa shape index (κ2) is 4.84. The van der Waals surface area contributed by atoms with Gasteiger partial charge < -0.3 is 5.11 Å². The van der Waals surface area contributed by atoms with Gasteiger partial charge in [0.05, 0.1) is 6.10 Å². The topological polar surface area (TPSA) is 20.2 Å². The zero-order valence-electron chi connectivity index (χ0n) is 9.95. The van der Waals surface area contributed by atoms with E-state index >= 15 is 0 Å². The number of hydrogen-bond acceptors (Lipinski definition) is 1. The van der Waals surface area contributed by atoms with Crippen LogP contribution in [-0.4, -0.2) is 11.2 Å². The third-order valence-electron chi connectivity index (χ3n) is 3.49. The highest BCUT2D eigenvalue weighted by Gasteiger charge is 2.24. The summed E-state index contributed by atoms with van der Waals surface area (Å²) in [4.78, 5) is 0. The van der Waals surface area contributed by atoms with Crippen molar-refractivity contribution in [1.82, 2.24) is 0 Å². The zero-order valence-corrected chi connectivity index (χ0v) is 9.95. The summed E-state index contributed by atoms with van der Waals surface area (Å²) in [5.41, 5.74) is 3.95. The molecule has 0 fully saturated rings. The largest absolute Gasteiger partial charge is 0.392 e. The number of aliphatic hydroxyl groups is 1. The lowest BCUT2D eigenvalue weighted by molar-refractivity contribution is 0.0994. The maximum atomic E-state index is 10.1. The summed E-state index contributed by atoms with van der Waals surface area (Å²) in [7, 11) is 0. The van der Waals surface area contributed by atoms with Crippen molar-refractivity contribution in [3.8, 4) is 0 Å². The van der Waals surface area contributed by atoms with Gasteiger partial charge in [-0.05, 0) is 49.7 Å². The van der Waals surface area contributed by atoms with E-state index < -0.39 is 0 Å². The van der Waals surface area contributed by atoms with Crippen molar-refractivity contribution in [3.63, 3.8) is 0 Å². The normalized spacial score (nSPS) is 21.2. The SMILES string of the molecule is C=C(C)CC(O)C1CCc2ccccc2C1. The van der Waals surface area contributed by atoms with Crippen molar-refractivity contribution in [2.75, 3.05) is 0 Å². The Labute approximate surface area is 97.8 Å². The van der Waals surface area contributed by atoms with Gasteiger partial charge in [0.15, 0.2) is 0 Å². The average Bonchev–Trinajstić information content (AvgIpc) is 2.27. The van der Waals surface area contributed by atoms with E-state index in [0.717, 1.165) is 31.3 Å². The first-order chi connectivity index (χ1) is 7.66. The Hall–Kier alpha value is -1.08. The molecule has 2 unspecified atom stereocenters. The number of benzene rings is 1. The van der Waals surface area contributed by atoms with Crippen LogP contribution in [0, 0.1) is 5.92 Å². The average molecular weight is 216 g/mol. The molecule has 0 saturated heterocycles. The maximum absolute atomic E-state index is 10.1. The van der Waals surface area contributed by atoms with Crippen LogP contribution in [-0.2, 0) is 12.8 Å². The first kappa shape index (κ1) is 11.4. The molecule has 0 aliphatic heterocycles. The van der Waals surface area contributed by atoms with Crippen LogP contribution in [0.25, 0.3) is 0 Å². The number of aryl methyl sites for hydroxylation is 1. The summed E-state index contributed by atoms with van der Waals surface area (Å²) in [5, 5.41) is 10.1. The van der Waals surface area contributed by atoms with Gasteiger partial charge in [-0.1, -0.05) is 29.8 Å². The van der Waals surface area contributed by atoms with Crippen LogP contribution in [0.3, 0.4) is 0 Å². The molecule has 0 bridgehead atoms. The fourth-order valence-corrected chi connectivity index (χ4v) is 2.58. The Balaban J connectivity index is 2.05. The molecule has 1 nitrogen and oxygen atoms in total. The van der Waals surface area contributed by atoms with Crippen molar-refractivity contribution >= 4 is 0 Å². The fraction of sp³-hybridized carbons (Fsp3) is 0.467. The molecule has 16 heavy (non-hydrogen) atoms. The predicted octanol–water partition coefficient (Wildman–Crippen LogP) is 3.12. The first-order valence-corrected chi connectivity index (χ1v) is 6.06. The highest BCUT2D eigenvalue weighted by molar-refractivity contribution is 5.29. The van der Waals surface area contributed by atoms with Crippen LogP contribution in [0.1, 0.15) is 30.9 Å². The molecule has 0 aromatic heterocycles. The lowest BCUT2D eigenvalue weighted by Crippen LogP contribution is -2.26. The minimum absolute atomic E-state index is 0.217. The van der Waals surface area contributed by atoms with Crippen LogP contribution in [0.2, 0.25) is 0 Å². The van der Waals surface area contributed by atoms with E-state index in [0.29, 0.717) is 5.92 Å². The number of rotatable bonds is 3. The summed E-state index contributed by atoms with van der Waals surface area (Å²) in [6.45, 7) is 5.86. The summed E-state index contributed by atoms with van der Waals surface area (Å²) in [6.07, 6.45) is 3.75. The minimum atomic E-state index is -0.217. The van der Waals surface area contributed by atoms with Gasteiger partial charge >= 0.3 is 0 Å². The van der Waals surface area contributed by atoms with Gasteiger partial charge in [-0.2, -0.15) is 0 Å². The molecule has 1 aliphatic carbocycles. The van der Waals surface area contributed by atoms with E-state index in [1.165, 1.54) is 11.1 Å². The zero-order chi connectivity index (χ0) is 11.5. The van der Waals surface area contributed by atoms with Crippen molar-refractivity contribution in [2.45, 2.75) is 38.7 Å². The van der Waals surface area contributed by atoms with Crippen LogP contribution in [0.5, 0.6) is 0 Å². The van der Waals surface area contributed by atoms with E-state index in [2.05, 4.69) is 30.8 Å². The Bertz CT molecular complexity index is 381. The van der Waals surface area contributed by atoms with E-state index in [-0.39, 0.29) is 6.10 Å². The molecule has 1 heteroatoms. The predicted molar refractivity (Wildman–Crippen MR) is 67.4 cm³/mol. The Morgan fingerprint density at radius 2 is 2.12 bits per heavy atom. The van der Waals surface area contributed by atoms with Gasteiger partial charge in [0, 0.05) is 0 Å². The summed E-state index contributed by atoms with van der Waals surface area (Å²) in [5.74, 6) is 0.409. The maximum Gasteiger partial charge on any atom is 0.0608 e. The van der Waals surface area contributed by atoms with E-state index in [4.69, 9.17) is 0 Å². The van der Waals surface area contributed by atoms with Gasteiger partial charge in [0.2, 0.25) is 0 Å². The lowest BCUT2D eigenvalue weighted by atomic mass is 9.80. The number of fused-ring (bicyclic) bond motifs is 1. The van der Waals surface area contributed by atoms with Crippen molar-refractivity contribution in [2.24, 2.45) is 5.92 Å². The molecule has 0 saturated carbocycles. The molecule has 2 atom stereocenters. The molecule has 1 N–H and O–H groups in total. The van der Waals surface area contributed by atoms with Gasteiger partial charge in [-0.3, -0.25) is 0 Å². The second-order valence-corrected chi connectivity index (χ2v) is 5.00. The first-order valence-electron chi connectivity index (χ1n) is 6.06. The Morgan fingerprint density at radius 1 is 1.44 bits per heavy atom. The molecule has 0 heterocycles. The molecule has 1 aromatic rings. The van der Waals surface area contributed by atoms with Crippen molar-refractivity contribution in [1.29, 1.82) is 0 Å². The summed E-state index contributed by atoms with van der Waals surface area (Å²) >= 11 is 0. The van der Waals surface area contributed by atoms with Crippen LogP contribution in [0.4, 0.5) is 0 Å². The van der Waals surface area contributed by atoms with Gasteiger partial charge in [0.25, 0.3) is 0 Å². The summed E-state index contributed by atoms with van der Waals surface area (Å²) < 4.78 is 0. The monoisotopic (exact) mass is 216 g/mol. The summed E-state index contributed by atoms with van der Waals surface area (Å²) in [6, 6.07) is 8.58. The molecule has 0 amide bonds. The molecule has 86 valence electrons. The molecule has 0 radical (unpaired) electrons. The van der Waals surface area contributed by atoms with Crippen molar-refractivity contribution < 1.29 is 5.11 Å².